The highest BCUT2D eigenvalue weighted by Crippen LogP contribution is 2.34. The molecule has 0 bridgehead atoms. The molecule has 3 heterocycles. The molecule has 2 N–H and O–H groups in total. The molecule has 2 saturated heterocycles. The predicted molar refractivity (Wildman–Crippen MR) is 131 cm³/mol. The van der Waals surface area contributed by atoms with E-state index in [-0.39, 0.29) is 25.0 Å². The molecule has 1 aromatic carbocycles. The first-order chi connectivity index (χ1) is 18.0. The average molecular weight is 537 g/mol. The van der Waals surface area contributed by atoms with Crippen LogP contribution in [-0.2, 0) is 19.1 Å². The first-order valence-electron chi connectivity index (χ1n) is 12.8. The molecule has 0 spiro atoms. The maximum absolute atomic E-state index is 13.8. The van der Waals surface area contributed by atoms with Crippen LogP contribution >= 0.6 is 0 Å². The first kappa shape index (κ1) is 27.6. The van der Waals surface area contributed by atoms with Gasteiger partial charge in [-0.25, -0.2) is 13.6 Å². The fourth-order valence-electron chi connectivity index (χ4n) is 5.28. The molecular formula is C26H34F2N4O6. The zero-order valence-corrected chi connectivity index (χ0v) is 21.8. The molecule has 208 valence electrons. The van der Waals surface area contributed by atoms with E-state index in [0.717, 1.165) is 0 Å². The number of benzene rings is 1. The molecule has 4 rings (SSSR count). The van der Waals surface area contributed by atoms with Gasteiger partial charge in [0.1, 0.15) is 29.3 Å². The van der Waals surface area contributed by atoms with Crippen LogP contribution in [0, 0.1) is 5.82 Å². The summed E-state index contributed by atoms with van der Waals surface area (Å²) in [5.41, 5.74) is -0.172. The number of halogens is 2. The van der Waals surface area contributed by atoms with Crippen LogP contribution in [0.25, 0.3) is 0 Å². The molecule has 0 saturated carbocycles. The van der Waals surface area contributed by atoms with E-state index in [0.29, 0.717) is 43.6 Å². The zero-order valence-electron chi connectivity index (χ0n) is 21.8. The van der Waals surface area contributed by atoms with Gasteiger partial charge in [-0.1, -0.05) is 6.07 Å². The molecule has 0 radical (unpaired) electrons. The Hall–Kier alpha value is -3.44. The quantitative estimate of drug-likeness (QED) is 0.610. The fraction of sp³-hybridized carbons (Fsp3) is 0.615. The van der Waals surface area contributed by atoms with E-state index >= 15 is 0 Å². The van der Waals surface area contributed by atoms with E-state index in [4.69, 9.17) is 9.47 Å². The molecule has 38 heavy (non-hydrogen) atoms. The summed E-state index contributed by atoms with van der Waals surface area (Å²) < 4.78 is 37.7. The van der Waals surface area contributed by atoms with Gasteiger partial charge in [0, 0.05) is 30.6 Å². The molecule has 4 amide bonds. The molecule has 10 nitrogen and oxygen atoms in total. The number of nitrogens with one attached hydrogen (secondary N) is 2. The Bertz CT molecular complexity index is 1090. The summed E-state index contributed by atoms with van der Waals surface area (Å²) in [4.78, 5) is 54.7. The summed E-state index contributed by atoms with van der Waals surface area (Å²) in [5, 5.41) is 5.51. The number of alkyl carbamates (subject to hydrolysis) is 1. The molecule has 0 unspecified atom stereocenters. The van der Waals surface area contributed by atoms with Gasteiger partial charge in [-0.2, -0.15) is 0 Å². The van der Waals surface area contributed by atoms with Crippen molar-refractivity contribution in [1.29, 1.82) is 0 Å². The number of fused-ring (bicyclic) bond motifs is 2. The van der Waals surface area contributed by atoms with E-state index in [9.17, 15) is 28.0 Å². The number of hydrogen-bond acceptors (Lipinski definition) is 6. The van der Waals surface area contributed by atoms with E-state index in [1.54, 1.807) is 26.8 Å². The van der Waals surface area contributed by atoms with Gasteiger partial charge in [-0.3, -0.25) is 14.4 Å². The Labute approximate surface area is 220 Å². The highest BCUT2D eigenvalue weighted by atomic mass is 19.1. The van der Waals surface area contributed by atoms with Gasteiger partial charge in [-0.15, -0.1) is 0 Å². The number of nitrogens with zero attached hydrogens (tertiary/aromatic N) is 2. The minimum atomic E-state index is -1.22. The molecule has 2 fully saturated rings. The lowest BCUT2D eigenvalue weighted by molar-refractivity contribution is -0.145. The monoisotopic (exact) mass is 536 g/mol. The lowest BCUT2D eigenvalue weighted by Crippen LogP contribution is -2.61. The molecule has 0 aliphatic carbocycles. The summed E-state index contributed by atoms with van der Waals surface area (Å²) in [6.45, 7) is 4.04. The van der Waals surface area contributed by atoms with Crippen molar-refractivity contribution in [2.24, 2.45) is 0 Å². The van der Waals surface area contributed by atoms with Crippen LogP contribution in [-0.4, -0.2) is 83.7 Å². The van der Waals surface area contributed by atoms with Crippen LogP contribution in [0.4, 0.5) is 13.6 Å². The van der Waals surface area contributed by atoms with Crippen LogP contribution in [0.3, 0.4) is 0 Å². The molecule has 12 heteroatoms. The van der Waals surface area contributed by atoms with Gasteiger partial charge in [-0.05, 0) is 46.1 Å². The van der Waals surface area contributed by atoms with E-state index < -0.39 is 54.1 Å². The summed E-state index contributed by atoms with van der Waals surface area (Å²) in [6.07, 6.45) is 0.901. The van der Waals surface area contributed by atoms with Crippen LogP contribution in [0.1, 0.15) is 58.1 Å². The van der Waals surface area contributed by atoms with Crippen molar-refractivity contribution < 1.29 is 37.4 Å². The normalized spacial score (nSPS) is 25.3. The maximum Gasteiger partial charge on any atom is 0.408 e. The number of rotatable bonds is 4. The van der Waals surface area contributed by atoms with Gasteiger partial charge in [0.05, 0.1) is 19.2 Å². The second-order valence-electron chi connectivity index (χ2n) is 10.8. The number of hydrogen-bond donors (Lipinski definition) is 2. The highest BCUT2D eigenvalue weighted by Gasteiger charge is 2.46. The number of alkyl halides is 1. The second-order valence-corrected chi connectivity index (χ2v) is 10.8. The minimum absolute atomic E-state index is 0.178. The fourth-order valence-corrected chi connectivity index (χ4v) is 5.28. The Morgan fingerprint density at radius 2 is 1.87 bits per heavy atom. The molecule has 3 aliphatic heterocycles. The summed E-state index contributed by atoms with van der Waals surface area (Å²) in [6, 6.07) is 1.35. The zero-order chi connectivity index (χ0) is 27.6. The number of ether oxygens (including phenoxy) is 2. The van der Waals surface area contributed by atoms with Crippen molar-refractivity contribution in [2.75, 3.05) is 26.4 Å². The van der Waals surface area contributed by atoms with Crippen molar-refractivity contribution in [1.82, 2.24) is 20.4 Å². The SMILES string of the molecule is CC(C)(C)OC(=O)N[C@H]1CN(C(=O)CF)CC[C@H]2CC[C@@H](C(=O)N[C@@H]3CCOc4cc(F)ccc43)N2C1=O. The average Bonchev–Trinajstić information content (AvgIpc) is 3.26. The van der Waals surface area contributed by atoms with Crippen molar-refractivity contribution in [3.05, 3.63) is 29.6 Å². The molecule has 0 aromatic heterocycles. The molecule has 3 aliphatic rings. The van der Waals surface area contributed by atoms with E-state index in [1.807, 2.05) is 0 Å². The largest absolute Gasteiger partial charge is 0.493 e. The van der Waals surface area contributed by atoms with E-state index in [2.05, 4.69) is 10.6 Å². The van der Waals surface area contributed by atoms with E-state index in [1.165, 1.54) is 21.9 Å². The standard InChI is InChI=1S/C26H34F2N4O6/c1-26(2,3)38-25(36)30-19-14-31(22(33)13-27)10-8-16-5-7-20(32(16)24(19)35)23(34)29-18-9-11-37-21-12-15(28)4-6-17(18)21/h4,6,12,16,18-20H,5,7-11,13-14H2,1-3H3,(H,29,34)(H,30,36)/t16-,18-,19+,20+/m1/s1. The third-order valence-electron chi connectivity index (χ3n) is 6.98. The third-order valence-corrected chi connectivity index (χ3v) is 6.98. The van der Waals surface area contributed by atoms with Gasteiger partial charge >= 0.3 is 6.09 Å². The Kier molecular flexibility index (Phi) is 8.08. The Balaban J connectivity index is 1.54. The first-order valence-corrected chi connectivity index (χ1v) is 12.8. The second kappa shape index (κ2) is 11.1. The molecule has 1 aromatic rings. The minimum Gasteiger partial charge on any atom is -0.493 e. The van der Waals surface area contributed by atoms with Gasteiger partial charge in [0.25, 0.3) is 5.91 Å². The summed E-state index contributed by atoms with van der Waals surface area (Å²) in [5.74, 6) is -1.75. The molecule has 4 atom stereocenters. The van der Waals surface area contributed by atoms with Crippen LogP contribution < -0.4 is 15.4 Å². The highest BCUT2D eigenvalue weighted by molar-refractivity contribution is 5.93. The lowest BCUT2D eigenvalue weighted by atomic mass is 9.99. The number of carbonyl (C=O) groups is 4. The summed E-state index contributed by atoms with van der Waals surface area (Å²) >= 11 is 0. The van der Waals surface area contributed by atoms with Gasteiger partial charge in [0.15, 0.2) is 6.67 Å². The maximum atomic E-state index is 13.8. The Morgan fingerprint density at radius 3 is 2.58 bits per heavy atom. The van der Waals surface area contributed by atoms with Gasteiger partial charge in [0.2, 0.25) is 11.8 Å². The smallest absolute Gasteiger partial charge is 0.408 e. The Morgan fingerprint density at radius 1 is 1.11 bits per heavy atom. The van der Waals surface area contributed by atoms with Crippen LogP contribution in [0.2, 0.25) is 0 Å². The lowest BCUT2D eigenvalue weighted by Gasteiger charge is -2.39. The van der Waals surface area contributed by atoms with Crippen molar-refractivity contribution in [3.63, 3.8) is 0 Å². The van der Waals surface area contributed by atoms with Crippen molar-refractivity contribution >= 4 is 23.8 Å². The predicted octanol–water partition coefficient (Wildman–Crippen LogP) is 2.22. The van der Waals surface area contributed by atoms with Crippen LogP contribution in [0.15, 0.2) is 18.2 Å². The third kappa shape index (κ3) is 6.16. The van der Waals surface area contributed by atoms with Crippen molar-refractivity contribution in [3.8, 4) is 5.75 Å². The number of amides is 4. The molecular weight excluding hydrogens is 502 g/mol. The summed E-state index contributed by atoms with van der Waals surface area (Å²) in [7, 11) is 0. The van der Waals surface area contributed by atoms with Crippen LogP contribution in [0.5, 0.6) is 5.75 Å². The topological polar surface area (TPSA) is 117 Å². The van der Waals surface area contributed by atoms with Gasteiger partial charge < -0.3 is 29.9 Å². The number of carbonyl (C=O) groups excluding carboxylic acids is 4. The van der Waals surface area contributed by atoms with Crippen molar-refractivity contribution in [2.45, 2.75) is 76.2 Å².